The molecule has 0 atom stereocenters. The van der Waals surface area contributed by atoms with Crippen LogP contribution in [0.2, 0.25) is 5.02 Å². The van der Waals surface area contributed by atoms with E-state index >= 15 is 0 Å². The molecule has 0 aliphatic carbocycles. The quantitative estimate of drug-likeness (QED) is 0.759. The lowest BCUT2D eigenvalue weighted by atomic mass is 10.1. The number of halogens is 1. The maximum absolute atomic E-state index is 11.0. The molecule has 2 nitrogen and oxygen atoms in total. The Morgan fingerprint density at radius 3 is 3.00 bits per heavy atom. The van der Waals surface area contributed by atoms with Crippen molar-refractivity contribution in [3.8, 4) is 0 Å². The summed E-state index contributed by atoms with van der Waals surface area (Å²) in [7, 11) is 0. The summed E-state index contributed by atoms with van der Waals surface area (Å²) in [4.78, 5) is 11.0. The van der Waals surface area contributed by atoms with Gasteiger partial charge in [0.1, 0.15) is 11.4 Å². The lowest BCUT2D eigenvalue weighted by Gasteiger charge is -2.00. The number of hydrogen-bond acceptors (Lipinski definition) is 2. The predicted octanol–water partition coefficient (Wildman–Crippen LogP) is 3.22. The maximum atomic E-state index is 11.0. The number of benzene rings is 1. The molecule has 0 spiro atoms. The highest BCUT2D eigenvalue weighted by Gasteiger charge is 2.08. The first-order chi connectivity index (χ1) is 6.66. The van der Waals surface area contributed by atoms with E-state index in [0.29, 0.717) is 11.4 Å². The van der Waals surface area contributed by atoms with Crippen molar-refractivity contribution in [2.75, 3.05) is 0 Å². The predicted molar refractivity (Wildman–Crippen MR) is 55.6 cm³/mol. The minimum absolute atomic E-state index is 0.102. The summed E-state index contributed by atoms with van der Waals surface area (Å²) in [5.74, 6) is 0.102. The summed E-state index contributed by atoms with van der Waals surface area (Å²) in [5.41, 5.74) is 1.61. The van der Waals surface area contributed by atoms with Crippen LogP contribution in [0.15, 0.2) is 28.9 Å². The van der Waals surface area contributed by atoms with Gasteiger partial charge in [-0.05, 0) is 25.1 Å². The average Bonchev–Trinajstić information content (AvgIpc) is 2.50. The molecule has 0 bridgehead atoms. The fourth-order valence-corrected chi connectivity index (χ4v) is 1.76. The van der Waals surface area contributed by atoms with E-state index < -0.39 is 0 Å². The van der Waals surface area contributed by atoms with E-state index in [9.17, 15) is 4.79 Å². The zero-order chi connectivity index (χ0) is 10.1. The Balaban J connectivity index is 2.60. The second kappa shape index (κ2) is 3.46. The third-order valence-electron chi connectivity index (χ3n) is 2.03. The van der Waals surface area contributed by atoms with Crippen molar-refractivity contribution in [2.45, 2.75) is 13.3 Å². The zero-order valence-electron chi connectivity index (χ0n) is 7.71. The summed E-state index contributed by atoms with van der Waals surface area (Å²) in [6.07, 6.45) is 1.97. The molecule has 0 radical (unpaired) electrons. The number of ketones is 1. The van der Waals surface area contributed by atoms with Crippen molar-refractivity contribution in [1.29, 1.82) is 0 Å². The van der Waals surface area contributed by atoms with E-state index in [-0.39, 0.29) is 5.78 Å². The van der Waals surface area contributed by atoms with Gasteiger partial charge in [0.25, 0.3) is 0 Å². The van der Waals surface area contributed by atoms with Gasteiger partial charge >= 0.3 is 0 Å². The van der Waals surface area contributed by atoms with Crippen LogP contribution in [0.1, 0.15) is 12.5 Å². The first-order valence-corrected chi connectivity index (χ1v) is 4.69. The zero-order valence-corrected chi connectivity index (χ0v) is 8.47. The van der Waals surface area contributed by atoms with E-state index in [4.69, 9.17) is 16.0 Å². The minimum Gasteiger partial charge on any atom is -0.464 e. The Morgan fingerprint density at radius 1 is 1.50 bits per heavy atom. The number of Topliss-reactive ketones (excluding diaryl/α,β-unsaturated/α-hetero) is 1. The van der Waals surface area contributed by atoms with Crippen LogP contribution in [0.3, 0.4) is 0 Å². The highest BCUT2D eigenvalue weighted by molar-refractivity contribution is 6.31. The molecule has 0 saturated heterocycles. The van der Waals surface area contributed by atoms with E-state index in [1.54, 1.807) is 19.3 Å². The van der Waals surface area contributed by atoms with Gasteiger partial charge in [0.2, 0.25) is 0 Å². The first-order valence-electron chi connectivity index (χ1n) is 4.32. The van der Waals surface area contributed by atoms with Gasteiger partial charge in [-0.2, -0.15) is 0 Å². The van der Waals surface area contributed by atoms with E-state index in [2.05, 4.69) is 0 Å². The summed E-state index contributed by atoms with van der Waals surface area (Å²) in [6, 6.07) is 5.43. The largest absolute Gasteiger partial charge is 0.464 e. The van der Waals surface area contributed by atoms with Crippen molar-refractivity contribution in [3.05, 3.63) is 35.0 Å². The molecule has 1 heterocycles. The fraction of sp³-hybridized carbons (Fsp3) is 0.182. The average molecular weight is 209 g/mol. The van der Waals surface area contributed by atoms with Gasteiger partial charge in [-0.3, -0.25) is 4.79 Å². The molecule has 0 N–H and O–H groups in total. The molecular weight excluding hydrogens is 200 g/mol. The molecule has 14 heavy (non-hydrogen) atoms. The van der Waals surface area contributed by atoms with Crippen molar-refractivity contribution in [3.63, 3.8) is 0 Å². The third kappa shape index (κ3) is 1.66. The van der Waals surface area contributed by atoms with Crippen molar-refractivity contribution in [2.24, 2.45) is 0 Å². The number of fused-ring (bicyclic) bond motifs is 1. The Labute approximate surface area is 86.5 Å². The van der Waals surface area contributed by atoms with Crippen LogP contribution in [0, 0.1) is 0 Å². The summed E-state index contributed by atoms with van der Waals surface area (Å²) < 4.78 is 5.29. The topological polar surface area (TPSA) is 30.2 Å². The molecule has 2 aromatic rings. The van der Waals surface area contributed by atoms with Gasteiger partial charge in [0, 0.05) is 22.4 Å². The van der Waals surface area contributed by atoms with Crippen molar-refractivity contribution < 1.29 is 9.21 Å². The molecule has 72 valence electrons. The number of rotatable bonds is 2. The Morgan fingerprint density at radius 2 is 2.29 bits per heavy atom. The molecule has 2 rings (SSSR count). The van der Waals surface area contributed by atoms with Crippen LogP contribution in [-0.4, -0.2) is 5.78 Å². The molecule has 0 aliphatic heterocycles. The van der Waals surface area contributed by atoms with Crippen LogP contribution in [0.5, 0.6) is 0 Å². The Hall–Kier alpha value is -1.28. The summed E-state index contributed by atoms with van der Waals surface area (Å²) in [5, 5.41) is 1.57. The van der Waals surface area contributed by atoms with Crippen LogP contribution >= 0.6 is 11.6 Å². The molecule has 0 aliphatic rings. The second-order valence-electron chi connectivity index (χ2n) is 3.28. The highest BCUT2D eigenvalue weighted by atomic mass is 35.5. The number of carbonyl (C=O) groups excluding carboxylic acids is 1. The van der Waals surface area contributed by atoms with Gasteiger partial charge < -0.3 is 4.42 Å². The van der Waals surface area contributed by atoms with E-state index in [1.807, 2.05) is 12.1 Å². The maximum Gasteiger partial charge on any atom is 0.137 e. The molecular formula is C11H9ClO2. The van der Waals surface area contributed by atoms with Crippen LogP contribution in [0.25, 0.3) is 11.0 Å². The lowest BCUT2D eigenvalue weighted by molar-refractivity contribution is -0.116. The van der Waals surface area contributed by atoms with E-state index in [0.717, 1.165) is 16.5 Å². The van der Waals surface area contributed by atoms with Crippen LogP contribution < -0.4 is 0 Å². The monoisotopic (exact) mass is 208 g/mol. The van der Waals surface area contributed by atoms with Gasteiger partial charge in [0.05, 0.1) is 6.26 Å². The number of furan rings is 1. The Bertz CT molecular complexity index is 485. The molecule has 0 amide bonds. The molecule has 1 aromatic heterocycles. The first kappa shape index (κ1) is 9.28. The molecule has 0 fully saturated rings. The Kier molecular flexibility index (Phi) is 2.30. The normalized spacial score (nSPS) is 10.7. The van der Waals surface area contributed by atoms with Crippen molar-refractivity contribution in [1.82, 2.24) is 0 Å². The minimum atomic E-state index is 0.102. The number of carbonyl (C=O) groups is 1. The second-order valence-corrected chi connectivity index (χ2v) is 3.72. The third-order valence-corrected chi connectivity index (χ3v) is 2.25. The number of hydrogen-bond donors (Lipinski definition) is 0. The summed E-state index contributed by atoms with van der Waals surface area (Å²) >= 11 is 5.91. The van der Waals surface area contributed by atoms with Gasteiger partial charge in [-0.1, -0.05) is 11.6 Å². The SMILES string of the molecule is CC(=O)Cc1cc(Cl)cc2ccoc12. The smallest absolute Gasteiger partial charge is 0.137 e. The molecule has 0 unspecified atom stereocenters. The fourth-order valence-electron chi connectivity index (χ4n) is 1.52. The van der Waals surface area contributed by atoms with Gasteiger partial charge in [-0.15, -0.1) is 0 Å². The molecule has 1 aromatic carbocycles. The summed E-state index contributed by atoms with van der Waals surface area (Å²) in [6.45, 7) is 1.55. The van der Waals surface area contributed by atoms with E-state index in [1.165, 1.54) is 0 Å². The van der Waals surface area contributed by atoms with Crippen LogP contribution in [0.4, 0.5) is 0 Å². The lowest BCUT2D eigenvalue weighted by Crippen LogP contribution is -1.96. The van der Waals surface area contributed by atoms with Crippen molar-refractivity contribution >= 4 is 28.4 Å². The molecule has 3 heteroatoms. The van der Waals surface area contributed by atoms with Gasteiger partial charge in [-0.25, -0.2) is 0 Å². The highest BCUT2D eigenvalue weighted by Crippen LogP contribution is 2.25. The van der Waals surface area contributed by atoms with Crippen LogP contribution in [-0.2, 0) is 11.2 Å². The standard InChI is InChI=1S/C11H9ClO2/c1-7(13)4-9-6-10(12)5-8-2-3-14-11(8)9/h2-3,5-6H,4H2,1H3. The van der Waals surface area contributed by atoms with Gasteiger partial charge in [0.15, 0.2) is 0 Å². The molecule has 0 saturated carbocycles.